The molecule has 1 heterocycles. The van der Waals surface area contributed by atoms with Gasteiger partial charge in [-0.2, -0.15) is 0 Å². The van der Waals surface area contributed by atoms with Crippen molar-refractivity contribution < 1.29 is 0 Å². The highest BCUT2D eigenvalue weighted by atomic mass is 15.1. The molecule has 3 heteroatoms. The molecule has 0 aliphatic heterocycles. The molecule has 1 saturated carbocycles. The van der Waals surface area contributed by atoms with Crippen LogP contribution in [0.4, 0.5) is 0 Å². The van der Waals surface area contributed by atoms with Crippen LogP contribution in [0.5, 0.6) is 0 Å². The number of hydrogen-bond donors (Lipinski definition) is 1. The van der Waals surface area contributed by atoms with Crippen molar-refractivity contribution in [2.45, 2.75) is 45.1 Å². The second-order valence-corrected chi connectivity index (χ2v) is 4.90. The van der Waals surface area contributed by atoms with Gasteiger partial charge in [0.25, 0.3) is 0 Å². The van der Waals surface area contributed by atoms with Crippen LogP contribution in [0, 0.1) is 5.92 Å². The van der Waals surface area contributed by atoms with Crippen LogP contribution in [0.15, 0.2) is 12.4 Å². The van der Waals surface area contributed by atoms with Crippen molar-refractivity contribution in [2.24, 2.45) is 13.0 Å². The van der Waals surface area contributed by atoms with Gasteiger partial charge in [0.15, 0.2) is 0 Å². The monoisotopic (exact) mass is 221 g/mol. The number of aromatic nitrogens is 2. The lowest BCUT2D eigenvalue weighted by Crippen LogP contribution is -2.27. The molecular weight excluding hydrogens is 198 g/mol. The molecule has 0 radical (unpaired) electrons. The second-order valence-electron chi connectivity index (χ2n) is 4.90. The minimum atomic E-state index is 0.417. The van der Waals surface area contributed by atoms with Crippen molar-refractivity contribution in [3.05, 3.63) is 18.2 Å². The molecule has 0 spiro atoms. The van der Waals surface area contributed by atoms with Gasteiger partial charge in [0.1, 0.15) is 5.82 Å². The van der Waals surface area contributed by atoms with E-state index in [4.69, 9.17) is 0 Å². The molecule has 0 amide bonds. The third-order valence-corrected chi connectivity index (χ3v) is 3.75. The highest BCUT2D eigenvalue weighted by molar-refractivity contribution is 4.98. The molecule has 1 aromatic rings. The molecule has 0 saturated heterocycles. The van der Waals surface area contributed by atoms with Crippen LogP contribution in [-0.2, 0) is 7.05 Å². The Morgan fingerprint density at radius 3 is 2.88 bits per heavy atom. The standard InChI is InChI=1S/C13H23N3/c1-3-12(13-15-9-10-16(13)2)14-8-7-11-5-4-6-11/h9-12,14H,3-8H2,1-2H3. The van der Waals surface area contributed by atoms with Crippen LogP contribution in [-0.4, -0.2) is 16.1 Å². The van der Waals surface area contributed by atoms with Gasteiger partial charge in [0, 0.05) is 19.4 Å². The van der Waals surface area contributed by atoms with E-state index in [9.17, 15) is 0 Å². The van der Waals surface area contributed by atoms with Crippen LogP contribution < -0.4 is 5.32 Å². The first-order valence-electron chi connectivity index (χ1n) is 6.52. The predicted octanol–water partition coefficient (Wildman–Crippen LogP) is 2.65. The van der Waals surface area contributed by atoms with Gasteiger partial charge < -0.3 is 9.88 Å². The fourth-order valence-corrected chi connectivity index (χ4v) is 2.37. The number of nitrogens with zero attached hydrogens (tertiary/aromatic N) is 2. The number of aryl methyl sites for hydroxylation is 1. The van der Waals surface area contributed by atoms with Crippen LogP contribution >= 0.6 is 0 Å². The molecule has 1 aliphatic carbocycles. The van der Waals surface area contributed by atoms with E-state index in [0.717, 1.165) is 24.7 Å². The number of nitrogens with one attached hydrogen (secondary N) is 1. The third kappa shape index (κ3) is 2.64. The van der Waals surface area contributed by atoms with Crippen molar-refractivity contribution in [3.63, 3.8) is 0 Å². The predicted molar refractivity (Wildman–Crippen MR) is 66.2 cm³/mol. The van der Waals surface area contributed by atoms with E-state index in [1.165, 1.54) is 25.7 Å². The Labute approximate surface area is 98.3 Å². The largest absolute Gasteiger partial charge is 0.337 e. The summed E-state index contributed by atoms with van der Waals surface area (Å²) in [5.41, 5.74) is 0. The first-order chi connectivity index (χ1) is 7.81. The molecule has 3 nitrogen and oxygen atoms in total. The fraction of sp³-hybridized carbons (Fsp3) is 0.769. The van der Waals surface area contributed by atoms with Gasteiger partial charge in [-0.3, -0.25) is 0 Å². The molecule has 1 aromatic heterocycles. The SMILES string of the molecule is CCC(NCCC1CCC1)c1nccn1C. The van der Waals surface area contributed by atoms with Gasteiger partial charge in [0.05, 0.1) is 6.04 Å². The number of rotatable bonds is 6. The molecule has 1 fully saturated rings. The van der Waals surface area contributed by atoms with E-state index in [1.54, 1.807) is 0 Å². The summed E-state index contributed by atoms with van der Waals surface area (Å²) in [6.07, 6.45) is 10.7. The van der Waals surface area contributed by atoms with Crippen LogP contribution in [0.2, 0.25) is 0 Å². The molecule has 0 aromatic carbocycles. The topological polar surface area (TPSA) is 29.9 Å². The molecule has 1 aliphatic rings. The van der Waals surface area contributed by atoms with E-state index in [0.29, 0.717) is 6.04 Å². The molecular formula is C13H23N3. The van der Waals surface area contributed by atoms with Gasteiger partial charge in [-0.05, 0) is 25.3 Å². The van der Waals surface area contributed by atoms with Crippen molar-refractivity contribution in [2.75, 3.05) is 6.54 Å². The Hall–Kier alpha value is -0.830. The molecule has 1 N–H and O–H groups in total. The van der Waals surface area contributed by atoms with Crippen LogP contribution in [0.3, 0.4) is 0 Å². The minimum absolute atomic E-state index is 0.417. The fourth-order valence-electron chi connectivity index (χ4n) is 2.37. The maximum Gasteiger partial charge on any atom is 0.125 e. The van der Waals surface area contributed by atoms with Crippen molar-refractivity contribution in [1.29, 1.82) is 0 Å². The summed E-state index contributed by atoms with van der Waals surface area (Å²) in [5, 5.41) is 3.63. The molecule has 1 atom stereocenters. The molecule has 0 bridgehead atoms. The summed E-state index contributed by atoms with van der Waals surface area (Å²) in [6.45, 7) is 3.35. The van der Waals surface area contributed by atoms with E-state index in [1.807, 2.05) is 12.4 Å². The summed E-state index contributed by atoms with van der Waals surface area (Å²) in [4.78, 5) is 4.42. The summed E-state index contributed by atoms with van der Waals surface area (Å²) in [5.74, 6) is 2.16. The van der Waals surface area contributed by atoms with Gasteiger partial charge in [-0.25, -0.2) is 4.98 Å². The van der Waals surface area contributed by atoms with E-state index in [-0.39, 0.29) is 0 Å². The number of imidazole rings is 1. The summed E-state index contributed by atoms with van der Waals surface area (Å²) in [6, 6.07) is 0.417. The van der Waals surface area contributed by atoms with Crippen molar-refractivity contribution in [1.82, 2.24) is 14.9 Å². The summed E-state index contributed by atoms with van der Waals surface area (Å²) in [7, 11) is 2.07. The smallest absolute Gasteiger partial charge is 0.125 e. The zero-order chi connectivity index (χ0) is 11.4. The highest BCUT2D eigenvalue weighted by Crippen LogP contribution is 2.29. The Balaban J connectivity index is 1.78. The zero-order valence-electron chi connectivity index (χ0n) is 10.4. The summed E-state index contributed by atoms with van der Waals surface area (Å²) < 4.78 is 2.12. The van der Waals surface area contributed by atoms with Crippen LogP contribution in [0.25, 0.3) is 0 Å². The van der Waals surface area contributed by atoms with Crippen molar-refractivity contribution >= 4 is 0 Å². The third-order valence-electron chi connectivity index (χ3n) is 3.75. The second kappa shape index (κ2) is 5.48. The van der Waals surface area contributed by atoms with Gasteiger partial charge in [-0.15, -0.1) is 0 Å². The lowest BCUT2D eigenvalue weighted by molar-refractivity contribution is 0.285. The first-order valence-corrected chi connectivity index (χ1v) is 6.52. The highest BCUT2D eigenvalue weighted by Gasteiger charge is 2.18. The lowest BCUT2D eigenvalue weighted by Gasteiger charge is -2.26. The molecule has 90 valence electrons. The summed E-state index contributed by atoms with van der Waals surface area (Å²) >= 11 is 0. The normalized spacial score (nSPS) is 18.4. The van der Waals surface area contributed by atoms with Gasteiger partial charge in [0.2, 0.25) is 0 Å². The number of hydrogen-bond acceptors (Lipinski definition) is 2. The van der Waals surface area contributed by atoms with Crippen molar-refractivity contribution in [3.8, 4) is 0 Å². The average molecular weight is 221 g/mol. The minimum Gasteiger partial charge on any atom is -0.337 e. The van der Waals surface area contributed by atoms with E-state index < -0.39 is 0 Å². The maximum atomic E-state index is 4.42. The van der Waals surface area contributed by atoms with E-state index in [2.05, 4.69) is 28.8 Å². The molecule has 1 unspecified atom stereocenters. The zero-order valence-corrected chi connectivity index (χ0v) is 10.4. The van der Waals surface area contributed by atoms with Crippen LogP contribution in [0.1, 0.15) is 50.9 Å². The quantitative estimate of drug-likeness (QED) is 0.800. The maximum absolute atomic E-state index is 4.42. The van der Waals surface area contributed by atoms with Gasteiger partial charge in [-0.1, -0.05) is 26.2 Å². The Morgan fingerprint density at radius 2 is 2.38 bits per heavy atom. The molecule has 16 heavy (non-hydrogen) atoms. The first kappa shape index (κ1) is 11.6. The Bertz CT molecular complexity index is 315. The average Bonchev–Trinajstić information content (AvgIpc) is 2.62. The lowest BCUT2D eigenvalue weighted by atomic mass is 9.83. The van der Waals surface area contributed by atoms with Gasteiger partial charge >= 0.3 is 0 Å². The molecule has 2 rings (SSSR count). The Kier molecular flexibility index (Phi) is 3.99. The Morgan fingerprint density at radius 1 is 1.56 bits per heavy atom. The van der Waals surface area contributed by atoms with E-state index >= 15 is 0 Å².